The molecule has 2 rings (SSSR count). The third-order valence-electron chi connectivity index (χ3n) is 3.17. The molecule has 0 bridgehead atoms. The molecule has 0 aliphatic carbocycles. The van der Waals surface area contributed by atoms with Gasteiger partial charge in [0.2, 0.25) is 0 Å². The van der Waals surface area contributed by atoms with Gasteiger partial charge in [0.15, 0.2) is 0 Å². The second kappa shape index (κ2) is 5.28. The first kappa shape index (κ1) is 14.6. The Hall–Kier alpha value is -0.830. The van der Waals surface area contributed by atoms with Crippen LogP contribution in [0.2, 0.25) is 0 Å². The van der Waals surface area contributed by atoms with E-state index in [0.717, 1.165) is 0 Å². The minimum absolute atomic E-state index is 0.157. The van der Waals surface area contributed by atoms with Gasteiger partial charge in [-0.2, -0.15) is 0 Å². The van der Waals surface area contributed by atoms with Gasteiger partial charge in [0.05, 0.1) is 12.7 Å². The van der Waals surface area contributed by atoms with Gasteiger partial charge in [-0.05, 0) is 18.1 Å². The Bertz CT molecular complexity index is 470. The molecular weight excluding hydrogens is 263 g/mol. The number of hydrogen-bond acceptors (Lipinski definition) is 4. The summed E-state index contributed by atoms with van der Waals surface area (Å²) in [5, 5.41) is 0. The van der Waals surface area contributed by atoms with Gasteiger partial charge in [-0.3, -0.25) is 9.05 Å². The smallest absolute Gasteiger partial charge is 0.404 e. The third-order valence-corrected chi connectivity index (χ3v) is 4.54. The number of phosphoric ester groups is 1. The molecule has 0 aromatic heterocycles. The summed E-state index contributed by atoms with van der Waals surface area (Å²) in [5.41, 5.74) is -0.178. The summed E-state index contributed by atoms with van der Waals surface area (Å²) in [5.74, 6) is 0.736. The van der Waals surface area contributed by atoms with Gasteiger partial charge in [-0.15, -0.1) is 0 Å². The summed E-state index contributed by atoms with van der Waals surface area (Å²) < 4.78 is 29.0. The van der Waals surface area contributed by atoms with E-state index in [1.54, 1.807) is 12.1 Å². The molecule has 1 aliphatic heterocycles. The molecule has 0 N–H and O–H groups in total. The minimum atomic E-state index is -3.53. The van der Waals surface area contributed by atoms with Crippen LogP contribution in [0.25, 0.3) is 0 Å². The van der Waals surface area contributed by atoms with E-state index >= 15 is 0 Å². The van der Waals surface area contributed by atoms with Crippen molar-refractivity contribution < 1.29 is 18.1 Å². The molecular formula is C14H21O4P. The lowest BCUT2D eigenvalue weighted by atomic mass is 9.81. The molecule has 1 aliphatic rings. The number of benzene rings is 1. The maximum Gasteiger partial charge on any atom is 0.530 e. The SMILES string of the molecule is CC(C)[C@H]1O[P@](=O)(Oc2ccccc2)OCC1(C)C. The topological polar surface area (TPSA) is 44.8 Å². The summed E-state index contributed by atoms with van der Waals surface area (Å²) in [6, 6.07) is 8.96. The van der Waals surface area contributed by atoms with Crippen LogP contribution < -0.4 is 4.52 Å². The Morgan fingerprint density at radius 2 is 1.95 bits per heavy atom. The van der Waals surface area contributed by atoms with E-state index in [-0.39, 0.29) is 17.4 Å². The van der Waals surface area contributed by atoms with Crippen LogP contribution >= 0.6 is 7.82 Å². The lowest BCUT2D eigenvalue weighted by Crippen LogP contribution is -2.43. The van der Waals surface area contributed by atoms with Gasteiger partial charge < -0.3 is 4.52 Å². The van der Waals surface area contributed by atoms with Crippen molar-refractivity contribution in [2.45, 2.75) is 33.8 Å². The van der Waals surface area contributed by atoms with Crippen LogP contribution in [0.4, 0.5) is 0 Å². The summed E-state index contributed by atoms with van der Waals surface area (Å²) in [6.45, 7) is 8.54. The number of hydrogen-bond donors (Lipinski definition) is 0. The van der Waals surface area contributed by atoms with Gasteiger partial charge in [0, 0.05) is 5.41 Å². The molecule has 1 aromatic carbocycles. The van der Waals surface area contributed by atoms with E-state index in [1.807, 2.05) is 45.9 Å². The Morgan fingerprint density at radius 1 is 1.32 bits per heavy atom. The quantitative estimate of drug-likeness (QED) is 0.777. The fourth-order valence-corrected chi connectivity index (χ4v) is 4.16. The van der Waals surface area contributed by atoms with Crippen LogP contribution in [0.3, 0.4) is 0 Å². The Morgan fingerprint density at radius 3 is 2.53 bits per heavy atom. The first-order valence-corrected chi connectivity index (χ1v) is 7.96. The van der Waals surface area contributed by atoms with Crippen molar-refractivity contribution in [1.82, 2.24) is 0 Å². The molecule has 1 saturated heterocycles. The second-order valence-corrected chi connectivity index (χ2v) is 7.43. The van der Waals surface area contributed by atoms with E-state index in [9.17, 15) is 4.57 Å². The molecule has 19 heavy (non-hydrogen) atoms. The van der Waals surface area contributed by atoms with Crippen LogP contribution in [0.15, 0.2) is 30.3 Å². The highest BCUT2D eigenvalue weighted by atomic mass is 31.2. The monoisotopic (exact) mass is 284 g/mol. The molecule has 0 saturated carbocycles. The van der Waals surface area contributed by atoms with Crippen LogP contribution in [-0.2, 0) is 13.6 Å². The first-order valence-electron chi connectivity index (χ1n) is 6.50. The maximum atomic E-state index is 12.5. The van der Waals surface area contributed by atoms with Gasteiger partial charge in [0.25, 0.3) is 0 Å². The van der Waals surface area contributed by atoms with Crippen molar-refractivity contribution in [2.24, 2.45) is 11.3 Å². The average Bonchev–Trinajstić information content (AvgIpc) is 2.34. The normalized spacial score (nSPS) is 30.3. The van der Waals surface area contributed by atoms with Crippen molar-refractivity contribution >= 4 is 7.82 Å². The Balaban J connectivity index is 2.15. The molecule has 0 amide bonds. The number of rotatable bonds is 3. The second-order valence-electron chi connectivity index (χ2n) is 5.88. The summed E-state index contributed by atoms with van der Waals surface area (Å²) in [6.07, 6.45) is -0.157. The zero-order valence-electron chi connectivity index (χ0n) is 11.8. The lowest BCUT2D eigenvalue weighted by Gasteiger charge is -2.42. The molecule has 0 unspecified atom stereocenters. The highest BCUT2D eigenvalue weighted by Gasteiger charge is 2.47. The minimum Gasteiger partial charge on any atom is -0.404 e. The fourth-order valence-electron chi connectivity index (χ4n) is 2.32. The van der Waals surface area contributed by atoms with Crippen molar-refractivity contribution in [3.05, 3.63) is 30.3 Å². The van der Waals surface area contributed by atoms with Crippen LogP contribution in [-0.4, -0.2) is 12.7 Å². The lowest BCUT2D eigenvalue weighted by molar-refractivity contribution is -0.0635. The number of phosphoric acid groups is 1. The van der Waals surface area contributed by atoms with Crippen LogP contribution in [0, 0.1) is 11.3 Å². The standard InChI is InChI=1S/C14H21O4P/c1-11(2)13-14(3,4)10-16-19(15,18-13)17-12-8-6-5-7-9-12/h5-9,11,13H,10H2,1-4H3/t13-,19+/m1/s1. The van der Waals surface area contributed by atoms with Crippen molar-refractivity contribution in [3.63, 3.8) is 0 Å². The molecule has 2 atom stereocenters. The van der Waals surface area contributed by atoms with E-state index in [0.29, 0.717) is 12.4 Å². The predicted molar refractivity (Wildman–Crippen MR) is 74.1 cm³/mol. The predicted octanol–water partition coefficient (Wildman–Crippen LogP) is 4.27. The molecule has 5 heteroatoms. The molecule has 106 valence electrons. The van der Waals surface area contributed by atoms with Crippen molar-refractivity contribution in [1.29, 1.82) is 0 Å². The van der Waals surface area contributed by atoms with Crippen molar-refractivity contribution in [3.8, 4) is 5.75 Å². The molecule has 1 fully saturated rings. The first-order chi connectivity index (χ1) is 8.82. The number of para-hydroxylation sites is 1. The summed E-state index contributed by atoms with van der Waals surface area (Å²) in [7, 11) is -3.53. The molecule has 1 aromatic rings. The van der Waals surface area contributed by atoms with E-state index < -0.39 is 7.82 Å². The van der Waals surface area contributed by atoms with E-state index in [4.69, 9.17) is 13.6 Å². The third kappa shape index (κ3) is 3.38. The highest BCUT2D eigenvalue weighted by molar-refractivity contribution is 7.49. The van der Waals surface area contributed by atoms with Gasteiger partial charge in [0.1, 0.15) is 5.75 Å². The fraction of sp³-hybridized carbons (Fsp3) is 0.571. The molecule has 4 nitrogen and oxygen atoms in total. The van der Waals surface area contributed by atoms with E-state index in [1.165, 1.54) is 0 Å². The molecule has 0 spiro atoms. The van der Waals surface area contributed by atoms with Gasteiger partial charge in [-0.1, -0.05) is 45.9 Å². The van der Waals surface area contributed by atoms with E-state index in [2.05, 4.69) is 0 Å². The zero-order valence-corrected chi connectivity index (χ0v) is 12.7. The largest absolute Gasteiger partial charge is 0.530 e. The molecule has 1 heterocycles. The van der Waals surface area contributed by atoms with Crippen molar-refractivity contribution in [2.75, 3.05) is 6.61 Å². The van der Waals surface area contributed by atoms with Gasteiger partial charge in [-0.25, -0.2) is 4.57 Å². The average molecular weight is 284 g/mol. The summed E-state index contributed by atoms with van der Waals surface area (Å²) >= 11 is 0. The zero-order chi connectivity index (χ0) is 14.1. The maximum absolute atomic E-state index is 12.5. The van der Waals surface area contributed by atoms with Crippen LogP contribution in [0.5, 0.6) is 5.75 Å². The Labute approximate surface area is 114 Å². The molecule has 0 radical (unpaired) electrons. The van der Waals surface area contributed by atoms with Crippen LogP contribution in [0.1, 0.15) is 27.7 Å². The van der Waals surface area contributed by atoms with Gasteiger partial charge >= 0.3 is 7.82 Å². The summed E-state index contributed by atoms with van der Waals surface area (Å²) in [4.78, 5) is 0. The Kier molecular flexibility index (Phi) is 4.05. The highest BCUT2D eigenvalue weighted by Crippen LogP contribution is 2.57.